The predicted molar refractivity (Wildman–Crippen MR) is 92.9 cm³/mol. The van der Waals surface area contributed by atoms with Gasteiger partial charge in [0.05, 0.1) is 16.1 Å². The molecular formula is C18H25Cl2NO. The Morgan fingerprint density at radius 1 is 1.00 bits per heavy atom. The van der Waals surface area contributed by atoms with Gasteiger partial charge in [-0.25, -0.2) is 0 Å². The molecule has 1 saturated carbocycles. The number of rotatable bonds is 4. The van der Waals surface area contributed by atoms with E-state index in [-0.39, 0.29) is 11.5 Å². The van der Waals surface area contributed by atoms with Gasteiger partial charge in [0, 0.05) is 12.0 Å². The van der Waals surface area contributed by atoms with Crippen LogP contribution in [-0.4, -0.2) is 35.7 Å². The van der Waals surface area contributed by atoms with Crippen molar-refractivity contribution in [3.63, 3.8) is 0 Å². The van der Waals surface area contributed by atoms with Crippen molar-refractivity contribution in [2.75, 3.05) is 19.6 Å². The van der Waals surface area contributed by atoms with Gasteiger partial charge < -0.3 is 10.0 Å². The largest absolute Gasteiger partial charge is 0.391 e. The first kappa shape index (κ1) is 16.6. The lowest BCUT2D eigenvalue weighted by Crippen LogP contribution is -2.51. The molecule has 3 rings (SSSR count). The molecule has 1 aliphatic carbocycles. The molecule has 1 unspecified atom stereocenters. The van der Waals surface area contributed by atoms with Gasteiger partial charge in [-0.2, -0.15) is 0 Å². The van der Waals surface area contributed by atoms with Crippen molar-refractivity contribution < 1.29 is 5.11 Å². The Hall–Kier alpha value is -0.280. The zero-order chi connectivity index (χ0) is 15.6. The van der Waals surface area contributed by atoms with E-state index < -0.39 is 0 Å². The highest BCUT2D eigenvalue weighted by molar-refractivity contribution is 6.42. The Morgan fingerprint density at radius 3 is 2.23 bits per heavy atom. The SMILES string of the molecule is OC(CN1CCCCCC1)C1(c2ccc(Cl)c(Cl)c2)CCC1. The monoisotopic (exact) mass is 341 g/mol. The molecule has 4 heteroatoms. The summed E-state index contributed by atoms with van der Waals surface area (Å²) in [5.41, 5.74) is 1.02. The average molecular weight is 342 g/mol. The number of hydrogen-bond acceptors (Lipinski definition) is 2. The number of hydrogen-bond donors (Lipinski definition) is 1. The van der Waals surface area contributed by atoms with Crippen molar-refractivity contribution in [2.45, 2.75) is 56.5 Å². The topological polar surface area (TPSA) is 23.5 Å². The van der Waals surface area contributed by atoms with Gasteiger partial charge in [-0.05, 0) is 56.5 Å². The molecule has 2 nitrogen and oxygen atoms in total. The number of likely N-dealkylation sites (tertiary alicyclic amines) is 1. The van der Waals surface area contributed by atoms with Crippen LogP contribution in [-0.2, 0) is 5.41 Å². The minimum Gasteiger partial charge on any atom is -0.391 e. The first-order chi connectivity index (χ1) is 10.6. The van der Waals surface area contributed by atoms with Crippen molar-refractivity contribution in [3.8, 4) is 0 Å². The van der Waals surface area contributed by atoms with Crippen LogP contribution in [0, 0.1) is 0 Å². The minimum absolute atomic E-state index is 0.124. The molecule has 1 heterocycles. The van der Waals surface area contributed by atoms with Crippen LogP contribution in [0.4, 0.5) is 0 Å². The lowest BCUT2D eigenvalue weighted by Gasteiger charge is -2.47. The zero-order valence-electron chi connectivity index (χ0n) is 13.0. The summed E-state index contributed by atoms with van der Waals surface area (Å²) in [4.78, 5) is 2.44. The molecule has 1 N–H and O–H groups in total. The molecule has 122 valence electrons. The Bertz CT molecular complexity index is 508. The van der Waals surface area contributed by atoms with Crippen LogP contribution in [0.1, 0.15) is 50.5 Å². The maximum atomic E-state index is 11.0. The molecular weight excluding hydrogens is 317 g/mol. The molecule has 1 saturated heterocycles. The number of nitrogens with zero attached hydrogens (tertiary/aromatic N) is 1. The normalized spacial score (nSPS) is 23.6. The van der Waals surface area contributed by atoms with Crippen molar-refractivity contribution in [2.24, 2.45) is 0 Å². The van der Waals surface area contributed by atoms with Crippen molar-refractivity contribution >= 4 is 23.2 Å². The molecule has 0 radical (unpaired) electrons. The zero-order valence-corrected chi connectivity index (χ0v) is 14.5. The Kier molecular flexibility index (Phi) is 5.34. The third kappa shape index (κ3) is 3.31. The van der Waals surface area contributed by atoms with Crippen LogP contribution in [0.5, 0.6) is 0 Å². The summed E-state index contributed by atoms with van der Waals surface area (Å²) in [6.45, 7) is 3.02. The lowest BCUT2D eigenvalue weighted by molar-refractivity contribution is 0.00287. The summed E-state index contributed by atoms with van der Waals surface area (Å²) in [5, 5.41) is 12.1. The van der Waals surface area contributed by atoms with Crippen LogP contribution < -0.4 is 0 Å². The van der Waals surface area contributed by atoms with Gasteiger partial charge in [0.15, 0.2) is 0 Å². The second kappa shape index (κ2) is 7.09. The summed E-state index contributed by atoms with van der Waals surface area (Å²) in [7, 11) is 0. The molecule has 0 amide bonds. The summed E-state index contributed by atoms with van der Waals surface area (Å²) in [6, 6.07) is 5.85. The highest BCUT2D eigenvalue weighted by Gasteiger charge is 2.45. The number of β-amino-alcohol motifs (C(OH)–C–C–N with tert-alkyl or cyclic N) is 1. The van der Waals surface area contributed by atoms with Gasteiger partial charge >= 0.3 is 0 Å². The number of aliphatic hydroxyl groups is 1. The standard InChI is InChI=1S/C18H25Cl2NO/c19-15-7-6-14(12-16(15)20)18(8-5-9-18)17(22)13-21-10-3-1-2-4-11-21/h6-7,12,17,22H,1-5,8-11,13H2. The molecule has 2 fully saturated rings. The second-order valence-electron chi connectivity index (χ2n) is 6.87. The molecule has 0 spiro atoms. The van der Waals surface area contributed by atoms with Gasteiger partial charge in [0.25, 0.3) is 0 Å². The van der Waals surface area contributed by atoms with Gasteiger partial charge in [0.1, 0.15) is 0 Å². The smallest absolute Gasteiger partial charge is 0.0763 e. The maximum Gasteiger partial charge on any atom is 0.0763 e. The Balaban J connectivity index is 1.75. The van der Waals surface area contributed by atoms with Gasteiger partial charge in [-0.15, -0.1) is 0 Å². The van der Waals surface area contributed by atoms with E-state index in [2.05, 4.69) is 4.90 Å². The molecule has 1 aromatic carbocycles. The number of aliphatic hydroxyl groups excluding tert-OH is 1. The molecule has 1 aliphatic heterocycles. The highest BCUT2D eigenvalue weighted by atomic mass is 35.5. The van der Waals surface area contributed by atoms with E-state index in [1.807, 2.05) is 18.2 Å². The number of benzene rings is 1. The summed E-state index contributed by atoms with van der Waals surface area (Å²) in [5.74, 6) is 0. The quantitative estimate of drug-likeness (QED) is 0.861. The van der Waals surface area contributed by atoms with E-state index in [1.165, 1.54) is 32.1 Å². The van der Waals surface area contributed by atoms with Gasteiger partial charge in [-0.3, -0.25) is 0 Å². The van der Waals surface area contributed by atoms with E-state index in [0.717, 1.165) is 38.0 Å². The van der Waals surface area contributed by atoms with E-state index in [4.69, 9.17) is 23.2 Å². The van der Waals surface area contributed by atoms with E-state index in [1.54, 1.807) is 0 Å². The lowest BCUT2D eigenvalue weighted by atomic mass is 9.61. The van der Waals surface area contributed by atoms with Crippen LogP contribution in [0.25, 0.3) is 0 Å². The predicted octanol–water partition coefficient (Wildman–Crippen LogP) is 4.65. The van der Waals surface area contributed by atoms with E-state index >= 15 is 0 Å². The summed E-state index contributed by atoms with van der Waals surface area (Å²) < 4.78 is 0. The minimum atomic E-state index is -0.323. The third-order valence-corrected chi connectivity index (χ3v) is 6.25. The van der Waals surface area contributed by atoms with Crippen molar-refractivity contribution in [1.82, 2.24) is 4.90 Å². The van der Waals surface area contributed by atoms with Crippen LogP contribution in [0.15, 0.2) is 18.2 Å². The Labute approximate surface area is 143 Å². The molecule has 1 aromatic rings. The first-order valence-electron chi connectivity index (χ1n) is 8.48. The van der Waals surface area contributed by atoms with E-state index in [0.29, 0.717) is 10.0 Å². The molecule has 1 atom stereocenters. The molecule has 0 bridgehead atoms. The van der Waals surface area contributed by atoms with E-state index in [9.17, 15) is 5.11 Å². The van der Waals surface area contributed by atoms with Crippen LogP contribution >= 0.6 is 23.2 Å². The molecule has 0 aromatic heterocycles. The fraction of sp³-hybridized carbons (Fsp3) is 0.667. The Morgan fingerprint density at radius 2 is 1.68 bits per heavy atom. The maximum absolute atomic E-state index is 11.0. The van der Waals surface area contributed by atoms with Crippen molar-refractivity contribution in [1.29, 1.82) is 0 Å². The fourth-order valence-electron chi connectivity index (χ4n) is 3.92. The number of halogens is 2. The van der Waals surface area contributed by atoms with Crippen LogP contribution in [0.2, 0.25) is 10.0 Å². The summed E-state index contributed by atoms with van der Waals surface area (Å²) in [6.07, 6.45) is 8.10. The third-order valence-electron chi connectivity index (χ3n) is 5.51. The van der Waals surface area contributed by atoms with Gasteiger partial charge in [-0.1, -0.05) is 48.5 Å². The molecule has 2 aliphatic rings. The van der Waals surface area contributed by atoms with Crippen LogP contribution in [0.3, 0.4) is 0 Å². The second-order valence-corrected chi connectivity index (χ2v) is 7.68. The fourth-order valence-corrected chi connectivity index (χ4v) is 4.21. The first-order valence-corrected chi connectivity index (χ1v) is 9.23. The van der Waals surface area contributed by atoms with Crippen molar-refractivity contribution in [3.05, 3.63) is 33.8 Å². The molecule has 22 heavy (non-hydrogen) atoms. The highest BCUT2D eigenvalue weighted by Crippen LogP contribution is 2.47. The van der Waals surface area contributed by atoms with Gasteiger partial charge in [0.2, 0.25) is 0 Å². The average Bonchev–Trinajstić information content (AvgIpc) is 2.70. The summed E-state index contributed by atoms with van der Waals surface area (Å²) >= 11 is 12.2.